The number of rotatable bonds is 8. The number of benzene rings is 1. The molecule has 1 aromatic heterocycles. The number of ether oxygens (including phenoxy) is 1. The molecule has 0 atom stereocenters. The number of amides is 1. The maximum absolute atomic E-state index is 12.7. The molecule has 2 heterocycles. The van der Waals surface area contributed by atoms with Crippen LogP contribution in [0.5, 0.6) is 0 Å². The van der Waals surface area contributed by atoms with Crippen LogP contribution < -0.4 is 5.32 Å². The number of nitrogens with zero attached hydrogens (tertiary/aromatic N) is 3. The molecular weight excluding hydrogens is 376 g/mol. The van der Waals surface area contributed by atoms with Crippen molar-refractivity contribution in [2.24, 2.45) is 0 Å². The van der Waals surface area contributed by atoms with Crippen molar-refractivity contribution < 1.29 is 9.53 Å². The molecule has 7 heteroatoms. The zero-order valence-electron chi connectivity index (χ0n) is 16.7. The molecule has 1 saturated heterocycles. The average Bonchev–Trinajstić information content (AvgIpc) is 3.14. The average molecular weight is 405 g/mol. The molecule has 1 aliphatic rings. The molecule has 0 saturated carbocycles. The molecule has 1 aliphatic heterocycles. The van der Waals surface area contributed by atoms with Gasteiger partial charge in [0.2, 0.25) is 0 Å². The molecule has 28 heavy (non-hydrogen) atoms. The standard InChI is InChI=1S/C21H29ClN4O2/c1-16(2)20-19(15-24-26(20)18-7-5-17(22)6-8-18)21(27)23-9-3-4-10-25-11-13-28-14-12-25/h5-8,15-16H,3-4,9-14H2,1-2H3,(H,23,27). The third kappa shape index (κ3) is 5.34. The molecule has 6 nitrogen and oxygen atoms in total. The lowest BCUT2D eigenvalue weighted by Crippen LogP contribution is -2.37. The summed E-state index contributed by atoms with van der Waals surface area (Å²) >= 11 is 5.99. The fourth-order valence-corrected chi connectivity index (χ4v) is 3.58. The van der Waals surface area contributed by atoms with E-state index in [-0.39, 0.29) is 11.8 Å². The monoisotopic (exact) mass is 404 g/mol. The SMILES string of the molecule is CC(C)c1c(C(=O)NCCCCN2CCOCC2)cnn1-c1ccc(Cl)cc1. The molecule has 1 amide bonds. The van der Waals surface area contributed by atoms with E-state index in [0.717, 1.165) is 57.1 Å². The summed E-state index contributed by atoms with van der Waals surface area (Å²) in [7, 11) is 0. The highest BCUT2D eigenvalue weighted by molar-refractivity contribution is 6.30. The zero-order chi connectivity index (χ0) is 19.9. The second-order valence-corrected chi connectivity index (χ2v) is 7.84. The first-order chi connectivity index (χ1) is 13.6. The first-order valence-electron chi connectivity index (χ1n) is 9.98. The summed E-state index contributed by atoms with van der Waals surface area (Å²) in [6.45, 7) is 9.55. The predicted octanol–water partition coefficient (Wildman–Crippen LogP) is 3.49. The zero-order valence-corrected chi connectivity index (χ0v) is 17.4. The Kier molecular flexibility index (Phi) is 7.48. The van der Waals surface area contributed by atoms with E-state index in [0.29, 0.717) is 17.1 Å². The smallest absolute Gasteiger partial charge is 0.254 e. The molecule has 0 unspecified atom stereocenters. The van der Waals surface area contributed by atoms with E-state index < -0.39 is 0 Å². The van der Waals surface area contributed by atoms with Crippen LogP contribution in [-0.2, 0) is 4.74 Å². The van der Waals surface area contributed by atoms with Crippen molar-refractivity contribution in [3.8, 4) is 5.69 Å². The van der Waals surface area contributed by atoms with Crippen LogP contribution in [0.4, 0.5) is 0 Å². The van der Waals surface area contributed by atoms with Crippen LogP contribution in [0, 0.1) is 0 Å². The first kappa shape index (κ1) is 20.8. The van der Waals surface area contributed by atoms with Crippen molar-refractivity contribution >= 4 is 17.5 Å². The highest BCUT2D eigenvalue weighted by Gasteiger charge is 2.20. The number of hydrogen-bond donors (Lipinski definition) is 1. The van der Waals surface area contributed by atoms with Gasteiger partial charge in [-0.3, -0.25) is 9.69 Å². The van der Waals surface area contributed by atoms with Gasteiger partial charge >= 0.3 is 0 Å². The van der Waals surface area contributed by atoms with E-state index in [1.54, 1.807) is 6.20 Å². The van der Waals surface area contributed by atoms with E-state index >= 15 is 0 Å². The van der Waals surface area contributed by atoms with Gasteiger partial charge in [-0.25, -0.2) is 4.68 Å². The minimum Gasteiger partial charge on any atom is -0.379 e. The maximum atomic E-state index is 12.7. The Bertz CT molecular complexity index is 767. The van der Waals surface area contributed by atoms with Gasteiger partial charge < -0.3 is 10.1 Å². The van der Waals surface area contributed by atoms with Crippen molar-refractivity contribution in [3.05, 3.63) is 46.7 Å². The Morgan fingerprint density at radius 2 is 1.93 bits per heavy atom. The summed E-state index contributed by atoms with van der Waals surface area (Å²) < 4.78 is 7.19. The number of unbranched alkanes of at least 4 members (excludes halogenated alkanes) is 1. The minimum atomic E-state index is -0.0599. The van der Waals surface area contributed by atoms with E-state index in [1.165, 1.54) is 0 Å². The number of hydrogen-bond acceptors (Lipinski definition) is 4. The van der Waals surface area contributed by atoms with Crippen molar-refractivity contribution in [2.75, 3.05) is 39.4 Å². The van der Waals surface area contributed by atoms with Crippen LogP contribution in [0.2, 0.25) is 5.02 Å². The molecule has 2 aromatic rings. The Hall–Kier alpha value is -1.89. The molecule has 152 valence electrons. The lowest BCUT2D eigenvalue weighted by molar-refractivity contribution is 0.0372. The highest BCUT2D eigenvalue weighted by atomic mass is 35.5. The van der Waals surface area contributed by atoms with Crippen molar-refractivity contribution in [1.29, 1.82) is 0 Å². The van der Waals surface area contributed by atoms with Gasteiger partial charge in [0.1, 0.15) is 0 Å². The van der Waals surface area contributed by atoms with E-state index in [2.05, 4.69) is 29.2 Å². The summed E-state index contributed by atoms with van der Waals surface area (Å²) in [4.78, 5) is 15.1. The molecule has 0 aliphatic carbocycles. The van der Waals surface area contributed by atoms with Crippen molar-refractivity contribution in [1.82, 2.24) is 20.0 Å². The van der Waals surface area contributed by atoms with Crippen LogP contribution in [0.15, 0.2) is 30.5 Å². The first-order valence-corrected chi connectivity index (χ1v) is 10.4. The van der Waals surface area contributed by atoms with Crippen LogP contribution in [0.25, 0.3) is 5.69 Å². The normalized spacial score (nSPS) is 15.1. The second-order valence-electron chi connectivity index (χ2n) is 7.40. The maximum Gasteiger partial charge on any atom is 0.254 e. The molecular formula is C21H29ClN4O2. The Morgan fingerprint density at radius 1 is 1.21 bits per heavy atom. The van der Waals surface area contributed by atoms with Crippen molar-refractivity contribution in [3.63, 3.8) is 0 Å². The van der Waals surface area contributed by atoms with Crippen LogP contribution >= 0.6 is 11.6 Å². The third-order valence-electron chi connectivity index (χ3n) is 4.96. The largest absolute Gasteiger partial charge is 0.379 e. The lowest BCUT2D eigenvalue weighted by Gasteiger charge is -2.26. The molecule has 1 fully saturated rings. The number of morpholine rings is 1. The number of carbonyl (C=O) groups is 1. The van der Waals surface area contributed by atoms with Crippen LogP contribution in [0.1, 0.15) is 48.7 Å². The minimum absolute atomic E-state index is 0.0599. The van der Waals surface area contributed by atoms with E-state index in [4.69, 9.17) is 16.3 Å². The van der Waals surface area contributed by atoms with Gasteiger partial charge in [0, 0.05) is 24.7 Å². The number of halogens is 1. The van der Waals surface area contributed by atoms with E-state index in [1.807, 2.05) is 28.9 Å². The van der Waals surface area contributed by atoms with Crippen molar-refractivity contribution in [2.45, 2.75) is 32.6 Å². The quantitative estimate of drug-likeness (QED) is 0.684. The topological polar surface area (TPSA) is 59.4 Å². The van der Waals surface area contributed by atoms with Gasteiger partial charge in [0.15, 0.2) is 0 Å². The third-order valence-corrected chi connectivity index (χ3v) is 5.21. The van der Waals surface area contributed by atoms with Crippen LogP contribution in [-0.4, -0.2) is 60.0 Å². The Morgan fingerprint density at radius 3 is 2.61 bits per heavy atom. The summed E-state index contributed by atoms with van der Waals surface area (Å²) in [5.41, 5.74) is 2.45. The number of carbonyl (C=O) groups excluding carboxylic acids is 1. The van der Waals surface area contributed by atoms with Gasteiger partial charge in [0.25, 0.3) is 5.91 Å². The molecule has 1 aromatic carbocycles. The Balaban J connectivity index is 1.56. The molecule has 0 spiro atoms. The Labute approximate surface area is 171 Å². The summed E-state index contributed by atoms with van der Waals surface area (Å²) in [6, 6.07) is 7.48. The van der Waals surface area contributed by atoms with E-state index in [9.17, 15) is 4.79 Å². The van der Waals surface area contributed by atoms with Crippen LogP contribution in [0.3, 0.4) is 0 Å². The fraction of sp³-hybridized carbons (Fsp3) is 0.524. The van der Waals surface area contributed by atoms with Gasteiger partial charge in [-0.05, 0) is 49.6 Å². The summed E-state index contributed by atoms with van der Waals surface area (Å²) in [6.07, 6.45) is 3.69. The highest BCUT2D eigenvalue weighted by Crippen LogP contribution is 2.24. The molecule has 3 rings (SSSR count). The molecule has 1 N–H and O–H groups in total. The summed E-state index contributed by atoms with van der Waals surface area (Å²) in [5.74, 6) is 0.107. The summed E-state index contributed by atoms with van der Waals surface area (Å²) in [5, 5.41) is 8.19. The predicted molar refractivity (Wildman–Crippen MR) is 111 cm³/mol. The number of nitrogens with one attached hydrogen (secondary N) is 1. The molecule has 0 radical (unpaired) electrons. The second kappa shape index (κ2) is 10.0. The molecule has 0 bridgehead atoms. The van der Waals surface area contributed by atoms with Gasteiger partial charge in [0.05, 0.1) is 36.4 Å². The van der Waals surface area contributed by atoms with Gasteiger partial charge in [-0.2, -0.15) is 5.10 Å². The van der Waals surface area contributed by atoms with Gasteiger partial charge in [-0.1, -0.05) is 25.4 Å². The fourth-order valence-electron chi connectivity index (χ4n) is 3.46. The number of aromatic nitrogens is 2. The van der Waals surface area contributed by atoms with Gasteiger partial charge in [-0.15, -0.1) is 0 Å². The lowest BCUT2D eigenvalue weighted by atomic mass is 10.0.